The fourth-order valence-electron chi connectivity index (χ4n) is 2.82. The summed E-state index contributed by atoms with van der Waals surface area (Å²) in [4.78, 5) is 14.7. The van der Waals surface area contributed by atoms with Crippen molar-refractivity contribution in [2.24, 2.45) is 0 Å². The summed E-state index contributed by atoms with van der Waals surface area (Å²) in [6, 6.07) is 15.9. The molecule has 4 heteroatoms. The maximum absolute atomic E-state index is 12.6. The Labute approximate surface area is 142 Å². The Balaban J connectivity index is 1.65. The summed E-state index contributed by atoms with van der Waals surface area (Å²) in [5.74, 6) is 0.0939. The van der Waals surface area contributed by atoms with Gasteiger partial charge in [-0.1, -0.05) is 35.9 Å². The maximum Gasteiger partial charge on any atom is 0.230 e. The van der Waals surface area contributed by atoms with Crippen molar-refractivity contribution < 1.29 is 4.79 Å². The van der Waals surface area contributed by atoms with Crippen molar-refractivity contribution in [1.82, 2.24) is 5.32 Å². The van der Waals surface area contributed by atoms with Gasteiger partial charge in [0.15, 0.2) is 0 Å². The van der Waals surface area contributed by atoms with E-state index in [1.165, 1.54) is 0 Å². The number of carbonyl (C=O) groups is 1. The standard InChI is InChI=1S/C19H21ClN2O/c1-22(2)17-8-6-14(7-9-17)13-21-18(23)19(10-11-19)15-4-3-5-16(20)12-15/h3-9,12H,10-11,13H2,1-2H3,(H,21,23). The molecule has 1 amide bonds. The quantitative estimate of drug-likeness (QED) is 0.906. The fourth-order valence-corrected chi connectivity index (χ4v) is 3.01. The van der Waals surface area contributed by atoms with Crippen molar-refractivity contribution in [3.05, 3.63) is 64.7 Å². The highest BCUT2D eigenvalue weighted by Crippen LogP contribution is 2.48. The van der Waals surface area contributed by atoms with Crippen molar-refractivity contribution >= 4 is 23.2 Å². The Kier molecular flexibility index (Phi) is 4.31. The minimum atomic E-state index is -0.380. The number of carbonyl (C=O) groups excluding carboxylic acids is 1. The zero-order valence-corrected chi connectivity index (χ0v) is 14.2. The second-order valence-electron chi connectivity index (χ2n) is 6.34. The zero-order chi connectivity index (χ0) is 16.4. The molecule has 1 N–H and O–H groups in total. The van der Waals surface area contributed by atoms with E-state index in [9.17, 15) is 4.79 Å². The van der Waals surface area contributed by atoms with Crippen molar-refractivity contribution in [2.45, 2.75) is 24.8 Å². The molecule has 3 rings (SSSR count). The van der Waals surface area contributed by atoms with Crippen LogP contribution in [0.2, 0.25) is 5.02 Å². The number of amides is 1. The predicted molar refractivity (Wildman–Crippen MR) is 95.0 cm³/mol. The van der Waals surface area contributed by atoms with Gasteiger partial charge in [-0.3, -0.25) is 4.79 Å². The summed E-state index contributed by atoms with van der Waals surface area (Å²) in [5.41, 5.74) is 2.89. The molecule has 120 valence electrons. The van der Waals surface area contributed by atoms with Gasteiger partial charge in [-0.15, -0.1) is 0 Å². The summed E-state index contributed by atoms with van der Waals surface area (Å²) in [6.07, 6.45) is 1.78. The van der Waals surface area contributed by atoms with Crippen LogP contribution in [-0.4, -0.2) is 20.0 Å². The molecule has 1 aliphatic carbocycles. The SMILES string of the molecule is CN(C)c1ccc(CNC(=O)C2(c3cccc(Cl)c3)CC2)cc1. The molecular formula is C19H21ClN2O. The molecule has 0 aromatic heterocycles. The van der Waals surface area contributed by atoms with Gasteiger partial charge in [-0.2, -0.15) is 0 Å². The van der Waals surface area contributed by atoms with Gasteiger partial charge in [-0.05, 0) is 48.2 Å². The van der Waals surface area contributed by atoms with Gasteiger partial charge in [0.05, 0.1) is 5.41 Å². The van der Waals surface area contributed by atoms with Crippen LogP contribution in [0.25, 0.3) is 0 Å². The molecule has 2 aromatic rings. The Morgan fingerprint density at radius 1 is 1.17 bits per heavy atom. The van der Waals surface area contributed by atoms with E-state index >= 15 is 0 Å². The van der Waals surface area contributed by atoms with E-state index in [0.717, 1.165) is 29.7 Å². The third-order valence-corrected chi connectivity index (χ3v) is 4.70. The zero-order valence-electron chi connectivity index (χ0n) is 13.5. The number of hydrogen-bond donors (Lipinski definition) is 1. The van der Waals surface area contributed by atoms with Crippen molar-refractivity contribution in [3.8, 4) is 0 Å². The van der Waals surface area contributed by atoms with Crippen LogP contribution in [0.15, 0.2) is 48.5 Å². The lowest BCUT2D eigenvalue weighted by atomic mass is 9.95. The largest absolute Gasteiger partial charge is 0.378 e. The van der Waals surface area contributed by atoms with E-state index in [-0.39, 0.29) is 11.3 Å². The lowest BCUT2D eigenvalue weighted by Crippen LogP contribution is -2.34. The molecule has 0 atom stereocenters. The summed E-state index contributed by atoms with van der Waals surface area (Å²) in [7, 11) is 4.03. The second kappa shape index (κ2) is 6.25. The van der Waals surface area contributed by atoms with Gasteiger partial charge in [0.25, 0.3) is 0 Å². The van der Waals surface area contributed by atoms with Crippen molar-refractivity contribution in [1.29, 1.82) is 0 Å². The van der Waals surface area contributed by atoms with Crippen LogP contribution >= 0.6 is 11.6 Å². The number of rotatable bonds is 5. The Bertz CT molecular complexity index is 706. The Hall–Kier alpha value is -2.00. The molecule has 1 saturated carbocycles. The molecule has 1 aliphatic rings. The van der Waals surface area contributed by atoms with Crippen LogP contribution in [0.5, 0.6) is 0 Å². The van der Waals surface area contributed by atoms with Gasteiger partial charge in [0.1, 0.15) is 0 Å². The summed E-state index contributed by atoms with van der Waals surface area (Å²) in [5, 5.41) is 3.75. The van der Waals surface area contributed by atoms with Crippen LogP contribution in [0, 0.1) is 0 Å². The lowest BCUT2D eigenvalue weighted by molar-refractivity contribution is -0.123. The first kappa shape index (κ1) is 15.9. The van der Waals surface area contributed by atoms with Gasteiger partial charge >= 0.3 is 0 Å². The molecule has 0 saturated heterocycles. The lowest BCUT2D eigenvalue weighted by Gasteiger charge is -2.17. The molecule has 0 unspecified atom stereocenters. The van der Waals surface area contributed by atoms with Crippen molar-refractivity contribution in [3.63, 3.8) is 0 Å². The molecule has 0 spiro atoms. The smallest absolute Gasteiger partial charge is 0.230 e. The Morgan fingerprint density at radius 3 is 2.43 bits per heavy atom. The number of nitrogens with one attached hydrogen (secondary N) is 1. The highest BCUT2D eigenvalue weighted by molar-refractivity contribution is 6.30. The highest BCUT2D eigenvalue weighted by atomic mass is 35.5. The van der Waals surface area contributed by atoms with Crippen LogP contribution in [0.3, 0.4) is 0 Å². The molecule has 0 radical (unpaired) electrons. The highest BCUT2D eigenvalue weighted by Gasteiger charge is 2.51. The topological polar surface area (TPSA) is 32.3 Å². The first-order chi connectivity index (χ1) is 11.0. The van der Waals surface area contributed by atoms with Gasteiger partial charge in [0, 0.05) is 31.4 Å². The summed E-state index contributed by atoms with van der Waals surface area (Å²) in [6.45, 7) is 0.550. The van der Waals surface area contributed by atoms with Crippen LogP contribution in [0.4, 0.5) is 5.69 Å². The second-order valence-corrected chi connectivity index (χ2v) is 6.77. The van der Waals surface area contributed by atoms with Gasteiger partial charge in [-0.25, -0.2) is 0 Å². The maximum atomic E-state index is 12.6. The monoisotopic (exact) mass is 328 g/mol. The van der Waals surface area contributed by atoms with E-state index < -0.39 is 0 Å². The number of nitrogens with zero attached hydrogens (tertiary/aromatic N) is 1. The van der Waals surface area contributed by atoms with Crippen LogP contribution in [0.1, 0.15) is 24.0 Å². The molecule has 2 aromatic carbocycles. The van der Waals surface area contributed by atoms with Gasteiger partial charge < -0.3 is 10.2 Å². The minimum Gasteiger partial charge on any atom is -0.378 e. The van der Waals surface area contributed by atoms with E-state index in [1.807, 2.05) is 38.4 Å². The minimum absolute atomic E-state index is 0.0939. The van der Waals surface area contributed by atoms with Gasteiger partial charge in [0.2, 0.25) is 5.91 Å². The van der Waals surface area contributed by atoms with E-state index in [4.69, 9.17) is 11.6 Å². The summed E-state index contributed by atoms with van der Waals surface area (Å²) < 4.78 is 0. The third-order valence-electron chi connectivity index (χ3n) is 4.47. The van der Waals surface area contributed by atoms with Crippen LogP contribution in [-0.2, 0) is 16.8 Å². The molecule has 0 heterocycles. The molecule has 0 aliphatic heterocycles. The average Bonchev–Trinajstić information content (AvgIpc) is 3.35. The van der Waals surface area contributed by atoms with E-state index in [0.29, 0.717) is 11.6 Å². The Morgan fingerprint density at radius 2 is 1.87 bits per heavy atom. The first-order valence-corrected chi connectivity index (χ1v) is 8.20. The molecule has 23 heavy (non-hydrogen) atoms. The molecular weight excluding hydrogens is 308 g/mol. The predicted octanol–water partition coefficient (Wildman–Crippen LogP) is 3.75. The summed E-state index contributed by atoms with van der Waals surface area (Å²) >= 11 is 6.06. The molecule has 0 bridgehead atoms. The third kappa shape index (κ3) is 3.35. The normalized spacial score (nSPS) is 15.1. The molecule has 3 nitrogen and oxygen atoms in total. The average molecular weight is 329 g/mol. The van der Waals surface area contributed by atoms with E-state index in [1.54, 1.807) is 0 Å². The first-order valence-electron chi connectivity index (χ1n) is 7.82. The van der Waals surface area contributed by atoms with Crippen molar-refractivity contribution in [2.75, 3.05) is 19.0 Å². The number of halogens is 1. The number of benzene rings is 2. The fraction of sp³-hybridized carbons (Fsp3) is 0.316. The molecule has 1 fully saturated rings. The number of anilines is 1. The van der Waals surface area contributed by atoms with Crippen LogP contribution < -0.4 is 10.2 Å². The number of hydrogen-bond acceptors (Lipinski definition) is 2. The van der Waals surface area contributed by atoms with E-state index in [2.05, 4.69) is 34.5 Å².